The fourth-order valence-electron chi connectivity index (χ4n) is 1.24. The molecule has 0 saturated carbocycles. The molecule has 88 valence electrons. The number of ether oxygens (including phenoxy) is 1. The molecular formula is C12H16BrNO2. The molecule has 0 radical (unpaired) electrons. The average Bonchev–Trinajstić information content (AvgIpc) is 2.23. The molecule has 0 unspecified atom stereocenters. The molecule has 0 bridgehead atoms. The summed E-state index contributed by atoms with van der Waals surface area (Å²) < 4.78 is 6.02. The Hall–Kier alpha value is -0.870. The molecule has 0 aromatic heterocycles. The van der Waals surface area contributed by atoms with E-state index in [0.29, 0.717) is 19.6 Å². The number of aryl methyl sites for hydroxylation is 1. The van der Waals surface area contributed by atoms with Crippen molar-refractivity contribution in [3.8, 4) is 0 Å². The van der Waals surface area contributed by atoms with Gasteiger partial charge in [0, 0.05) is 11.1 Å². The first-order chi connectivity index (χ1) is 7.63. The van der Waals surface area contributed by atoms with E-state index in [-0.39, 0.29) is 5.91 Å². The Bertz CT molecular complexity index is 366. The lowest BCUT2D eigenvalue weighted by molar-refractivity contribution is -0.117. The molecule has 1 rings (SSSR count). The van der Waals surface area contributed by atoms with Crippen LogP contribution in [-0.2, 0) is 9.53 Å². The van der Waals surface area contributed by atoms with Gasteiger partial charge in [-0.3, -0.25) is 4.79 Å². The number of carbonyl (C=O) groups is 1. The van der Waals surface area contributed by atoms with Gasteiger partial charge >= 0.3 is 0 Å². The number of hydrogen-bond donors (Lipinski definition) is 1. The Kier molecular flexibility index (Phi) is 5.49. The molecular weight excluding hydrogens is 270 g/mol. The molecule has 1 aromatic carbocycles. The van der Waals surface area contributed by atoms with E-state index in [2.05, 4.69) is 21.2 Å². The lowest BCUT2D eigenvalue weighted by Crippen LogP contribution is -2.14. The maximum absolute atomic E-state index is 11.5. The maximum atomic E-state index is 11.5. The van der Waals surface area contributed by atoms with Crippen molar-refractivity contribution >= 4 is 27.5 Å². The highest BCUT2D eigenvalue weighted by atomic mass is 79.9. The number of rotatable bonds is 5. The molecule has 0 aliphatic heterocycles. The van der Waals surface area contributed by atoms with E-state index in [1.165, 1.54) is 0 Å². The van der Waals surface area contributed by atoms with Crippen LogP contribution in [0, 0.1) is 6.92 Å². The van der Waals surface area contributed by atoms with Gasteiger partial charge in [-0.15, -0.1) is 0 Å². The lowest BCUT2D eigenvalue weighted by Gasteiger charge is -2.08. The fourth-order valence-corrected chi connectivity index (χ4v) is 1.84. The standard InChI is InChI=1S/C12H16BrNO2/c1-3-16-7-6-12(15)14-11-5-4-9(2)8-10(11)13/h4-5,8H,3,6-7H2,1-2H3,(H,14,15). The summed E-state index contributed by atoms with van der Waals surface area (Å²) in [5.74, 6) is -0.0296. The largest absolute Gasteiger partial charge is 0.381 e. The molecule has 1 N–H and O–H groups in total. The third-order valence-corrected chi connectivity index (χ3v) is 2.73. The van der Waals surface area contributed by atoms with Crippen molar-refractivity contribution in [2.75, 3.05) is 18.5 Å². The molecule has 1 aromatic rings. The van der Waals surface area contributed by atoms with Crippen molar-refractivity contribution in [2.45, 2.75) is 20.3 Å². The van der Waals surface area contributed by atoms with Gasteiger partial charge in [0.25, 0.3) is 0 Å². The summed E-state index contributed by atoms with van der Waals surface area (Å²) in [7, 11) is 0. The van der Waals surface area contributed by atoms with Crippen LogP contribution >= 0.6 is 15.9 Å². The van der Waals surface area contributed by atoms with Gasteiger partial charge in [-0.1, -0.05) is 6.07 Å². The average molecular weight is 286 g/mol. The Balaban J connectivity index is 2.49. The van der Waals surface area contributed by atoms with Crippen molar-refractivity contribution in [3.63, 3.8) is 0 Å². The molecule has 0 atom stereocenters. The van der Waals surface area contributed by atoms with Crippen molar-refractivity contribution < 1.29 is 9.53 Å². The number of carbonyl (C=O) groups excluding carboxylic acids is 1. The molecule has 16 heavy (non-hydrogen) atoms. The van der Waals surface area contributed by atoms with Gasteiger partial charge in [-0.05, 0) is 47.5 Å². The van der Waals surface area contributed by atoms with Crippen molar-refractivity contribution in [2.24, 2.45) is 0 Å². The summed E-state index contributed by atoms with van der Waals surface area (Å²) >= 11 is 3.41. The van der Waals surface area contributed by atoms with Gasteiger partial charge in [-0.25, -0.2) is 0 Å². The van der Waals surface area contributed by atoms with Crippen LogP contribution in [-0.4, -0.2) is 19.1 Å². The van der Waals surface area contributed by atoms with E-state index in [4.69, 9.17) is 4.74 Å². The number of hydrogen-bond acceptors (Lipinski definition) is 2. The third kappa shape index (κ3) is 4.33. The minimum Gasteiger partial charge on any atom is -0.381 e. The van der Waals surface area contributed by atoms with Gasteiger partial charge < -0.3 is 10.1 Å². The summed E-state index contributed by atoms with van der Waals surface area (Å²) in [4.78, 5) is 11.5. The van der Waals surface area contributed by atoms with Gasteiger partial charge in [0.05, 0.1) is 18.7 Å². The Morgan fingerprint density at radius 1 is 1.50 bits per heavy atom. The summed E-state index contributed by atoms with van der Waals surface area (Å²) in [5.41, 5.74) is 1.95. The topological polar surface area (TPSA) is 38.3 Å². The first-order valence-electron chi connectivity index (χ1n) is 5.27. The van der Waals surface area contributed by atoms with E-state index >= 15 is 0 Å². The molecule has 0 saturated heterocycles. The van der Waals surface area contributed by atoms with E-state index in [9.17, 15) is 4.79 Å². The zero-order valence-electron chi connectivity index (χ0n) is 9.55. The van der Waals surface area contributed by atoms with Crippen LogP contribution in [0.2, 0.25) is 0 Å². The highest BCUT2D eigenvalue weighted by molar-refractivity contribution is 9.10. The highest BCUT2D eigenvalue weighted by Gasteiger charge is 2.05. The monoisotopic (exact) mass is 285 g/mol. The third-order valence-electron chi connectivity index (χ3n) is 2.08. The Morgan fingerprint density at radius 2 is 2.25 bits per heavy atom. The van der Waals surface area contributed by atoms with Gasteiger partial charge in [0.1, 0.15) is 0 Å². The van der Waals surface area contributed by atoms with Crippen LogP contribution in [0.4, 0.5) is 5.69 Å². The molecule has 0 aliphatic carbocycles. The summed E-state index contributed by atoms with van der Waals surface area (Å²) in [6.07, 6.45) is 0.383. The SMILES string of the molecule is CCOCCC(=O)Nc1ccc(C)cc1Br. The maximum Gasteiger partial charge on any atom is 0.226 e. The molecule has 0 spiro atoms. The second-order valence-electron chi connectivity index (χ2n) is 3.48. The number of amides is 1. The van der Waals surface area contributed by atoms with Crippen molar-refractivity contribution in [1.82, 2.24) is 0 Å². The molecule has 0 heterocycles. The first-order valence-corrected chi connectivity index (χ1v) is 6.06. The van der Waals surface area contributed by atoms with Crippen molar-refractivity contribution in [1.29, 1.82) is 0 Å². The fraction of sp³-hybridized carbons (Fsp3) is 0.417. The van der Waals surface area contributed by atoms with Crippen molar-refractivity contribution in [3.05, 3.63) is 28.2 Å². The van der Waals surface area contributed by atoms with Gasteiger partial charge in [0.15, 0.2) is 0 Å². The minimum atomic E-state index is -0.0296. The summed E-state index contributed by atoms with van der Waals surface area (Å²) in [5, 5.41) is 2.83. The Labute approximate surface area is 104 Å². The normalized spacial score (nSPS) is 10.2. The van der Waals surface area contributed by atoms with E-state index in [1.807, 2.05) is 32.0 Å². The smallest absolute Gasteiger partial charge is 0.226 e. The molecule has 4 heteroatoms. The van der Waals surface area contributed by atoms with E-state index in [1.54, 1.807) is 0 Å². The van der Waals surface area contributed by atoms with E-state index < -0.39 is 0 Å². The van der Waals surface area contributed by atoms with Crippen LogP contribution in [0.3, 0.4) is 0 Å². The number of halogens is 1. The number of nitrogens with one attached hydrogen (secondary N) is 1. The zero-order chi connectivity index (χ0) is 12.0. The van der Waals surface area contributed by atoms with Crippen LogP contribution in [0.5, 0.6) is 0 Å². The Morgan fingerprint density at radius 3 is 2.88 bits per heavy atom. The molecule has 0 fully saturated rings. The second kappa shape index (κ2) is 6.66. The minimum absolute atomic E-state index is 0.0296. The molecule has 1 amide bonds. The predicted octanol–water partition coefficient (Wildman–Crippen LogP) is 3.12. The van der Waals surface area contributed by atoms with Gasteiger partial charge in [0.2, 0.25) is 5.91 Å². The highest BCUT2D eigenvalue weighted by Crippen LogP contribution is 2.23. The van der Waals surface area contributed by atoms with Crippen LogP contribution < -0.4 is 5.32 Å². The summed E-state index contributed by atoms with van der Waals surface area (Å²) in [6, 6.07) is 5.82. The van der Waals surface area contributed by atoms with Crippen LogP contribution in [0.1, 0.15) is 18.9 Å². The summed E-state index contributed by atoms with van der Waals surface area (Å²) in [6.45, 7) is 5.02. The lowest BCUT2D eigenvalue weighted by atomic mass is 10.2. The molecule has 0 aliphatic rings. The molecule has 3 nitrogen and oxygen atoms in total. The predicted molar refractivity (Wildman–Crippen MR) is 68.6 cm³/mol. The van der Waals surface area contributed by atoms with Gasteiger partial charge in [-0.2, -0.15) is 0 Å². The second-order valence-corrected chi connectivity index (χ2v) is 4.33. The van der Waals surface area contributed by atoms with Crippen LogP contribution in [0.15, 0.2) is 22.7 Å². The van der Waals surface area contributed by atoms with E-state index in [0.717, 1.165) is 15.7 Å². The quantitative estimate of drug-likeness (QED) is 0.844. The number of benzene rings is 1. The van der Waals surface area contributed by atoms with Crippen LogP contribution in [0.25, 0.3) is 0 Å². The number of anilines is 1. The zero-order valence-corrected chi connectivity index (χ0v) is 11.1. The first kappa shape index (κ1) is 13.2.